The lowest BCUT2D eigenvalue weighted by molar-refractivity contribution is -0.332. The summed E-state index contributed by atoms with van der Waals surface area (Å²) in [7, 11) is 0. The minimum Gasteiger partial charge on any atom is -0.457 e. The third kappa shape index (κ3) is 35.1. The minimum absolute atomic E-state index is 0.0595. The molecular weight excluding hydrogens is 969 g/mol. The first-order valence-electron chi connectivity index (χ1n) is 31.1. The molecule has 76 heavy (non-hydrogen) atoms. The molecule has 0 radical (unpaired) electrons. The van der Waals surface area contributed by atoms with Gasteiger partial charge in [-0.1, -0.05) is 230 Å². The molecule has 2 rings (SSSR count). The Morgan fingerprint density at radius 3 is 1.30 bits per heavy atom. The van der Waals surface area contributed by atoms with E-state index in [1.807, 2.05) is 0 Å². The Labute approximate surface area is 461 Å². The molecule has 2 fully saturated rings. The fourth-order valence-electron chi connectivity index (χ4n) is 9.88. The van der Waals surface area contributed by atoms with E-state index in [0.717, 1.165) is 70.6 Å². The normalized spacial score (nSPS) is 24.6. The van der Waals surface area contributed by atoms with Crippen LogP contribution in [0.5, 0.6) is 0 Å². The molecule has 14 heteroatoms. The molecule has 2 heterocycles. The maximum Gasteiger partial charge on any atom is 0.306 e. The molecule has 11 atom stereocenters. The quantitative estimate of drug-likeness (QED) is 0.0172. The highest BCUT2D eigenvalue weighted by atomic mass is 16.7. The summed E-state index contributed by atoms with van der Waals surface area (Å²) in [5.74, 6) is -0.384. The number of carbonyl (C=O) groups excluding carboxylic acids is 1. The van der Waals surface area contributed by atoms with Crippen molar-refractivity contribution in [1.82, 2.24) is 0 Å². The number of hydrogen-bond acceptors (Lipinski definition) is 14. The van der Waals surface area contributed by atoms with E-state index in [0.29, 0.717) is 13.0 Å². The molecule has 0 aromatic heterocycles. The molecule has 0 saturated carbocycles. The van der Waals surface area contributed by atoms with Crippen molar-refractivity contribution in [2.24, 2.45) is 0 Å². The second-order valence-electron chi connectivity index (χ2n) is 21.9. The van der Waals surface area contributed by atoms with Crippen molar-refractivity contribution < 1.29 is 69.0 Å². The van der Waals surface area contributed by atoms with Crippen molar-refractivity contribution in [3.63, 3.8) is 0 Å². The lowest BCUT2D eigenvalue weighted by atomic mass is 9.98. The highest BCUT2D eigenvalue weighted by Crippen LogP contribution is 2.27. The molecule has 0 aromatic carbocycles. The Bertz CT molecular complexity index is 1400. The summed E-state index contributed by atoms with van der Waals surface area (Å²) >= 11 is 0. The predicted molar refractivity (Wildman–Crippen MR) is 303 cm³/mol. The summed E-state index contributed by atoms with van der Waals surface area (Å²) in [4.78, 5) is 13.1. The van der Waals surface area contributed by atoms with Crippen LogP contribution >= 0.6 is 0 Å². The van der Waals surface area contributed by atoms with Gasteiger partial charge in [0.25, 0.3) is 0 Å². The van der Waals surface area contributed by atoms with Crippen LogP contribution in [0.2, 0.25) is 0 Å². The van der Waals surface area contributed by atoms with Gasteiger partial charge in [-0.25, -0.2) is 0 Å². The van der Waals surface area contributed by atoms with Gasteiger partial charge in [-0.3, -0.25) is 4.79 Å². The van der Waals surface area contributed by atoms with Gasteiger partial charge in [0.15, 0.2) is 12.6 Å². The van der Waals surface area contributed by atoms with Gasteiger partial charge in [0.2, 0.25) is 0 Å². The molecular formula is C62H114O14. The lowest BCUT2D eigenvalue weighted by Gasteiger charge is -2.42. The van der Waals surface area contributed by atoms with Crippen LogP contribution in [0, 0.1) is 0 Å². The number of ether oxygens (including phenoxy) is 6. The van der Waals surface area contributed by atoms with E-state index in [-0.39, 0.29) is 25.6 Å². The average molecular weight is 1080 g/mol. The van der Waals surface area contributed by atoms with E-state index < -0.39 is 80.7 Å². The third-order valence-corrected chi connectivity index (χ3v) is 14.9. The van der Waals surface area contributed by atoms with Crippen LogP contribution in [-0.4, -0.2) is 142 Å². The first kappa shape index (κ1) is 70.3. The van der Waals surface area contributed by atoms with Crippen LogP contribution in [0.25, 0.3) is 0 Å². The zero-order chi connectivity index (χ0) is 55.1. The Balaban J connectivity index is 1.69. The largest absolute Gasteiger partial charge is 0.457 e. The number of carbonyl (C=O) groups is 1. The summed E-state index contributed by atoms with van der Waals surface area (Å²) < 4.78 is 34.4. The Hall–Kier alpha value is -1.79. The van der Waals surface area contributed by atoms with E-state index in [2.05, 4.69) is 50.3 Å². The van der Waals surface area contributed by atoms with Gasteiger partial charge in [0.05, 0.1) is 26.4 Å². The summed E-state index contributed by atoms with van der Waals surface area (Å²) in [6.07, 6.45) is 42.1. The number of unbranched alkanes of at least 4 members (excludes halogenated alkanes) is 31. The van der Waals surface area contributed by atoms with Gasteiger partial charge >= 0.3 is 5.97 Å². The van der Waals surface area contributed by atoms with Gasteiger partial charge in [-0.15, -0.1) is 0 Å². The fourth-order valence-corrected chi connectivity index (χ4v) is 9.88. The predicted octanol–water partition coefficient (Wildman–Crippen LogP) is 11.7. The Morgan fingerprint density at radius 1 is 0.434 bits per heavy atom. The van der Waals surface area contributed by atoms with Crippen molar-refractivity contribution in [2.75, 3.05) is 33.0 Å². The van der Waals surface area contributed by atoms with Crippen LogP contribution in [0.15, 0.2) is 36.5 Å². The maximum atomic E-state index is 13.1. The molecule has 446 valence electrons. The Morgan fingerprint density at radius 2 is 0.816 bits per heavy atom. The van der Waals surface area contributed by atoms with Crippen molar-refractivity contribution in [2.45, 2.75) is 319 Å². The molecule has 2 aliphatic rings. The van der Waals surface area contributed by atoms with Crippen LogP contribution in [0.4, 0.5) is 0 Å². The summed E-state index contributed by atoms with van der Waals surface area (Å²) in [5, 5.41) is 72.4. The zero-order valence-corrected chi connectivity index (χ0v) is 48.0. The van der Waals surface area contributed by atoms with Gasteiger partial charge in [-0.2, -0.15) is 0 Å². The molecule has 11 unspecified atom stereocenters. The van der Waals surface area contributed by atoms with Crippen LogP contribution in [-0.2, 0) is 33.2 Å². The molecule has 0 spiro atoms. The van der Waals surface area contributed by atoms with Crippen molar-refractivity contribution >= 4 is 5.97 Å². The van der Waals surface area contributed by atoms with Gasteiger partial charge in [0, 0.05) is 13.0 Å². The Kier molecular flexibility index (Phi) is 45.4. The maximum absolute atomic E-state index is 13.1. The minimum atomic E-state index is -1.71. The van der Waals surface area contributed by atoms with E-state index in [1.165, 1.54) is 154 Å². The first-order chi connectivity index (χ1) is 37.1. The van der Waals surface area contributed by atoms with Crippen molar-refractivity contribution in [3.8, 4) is 0 Å². The molecule has 2 aliphatic heterocycles. The standard InChI is InChI=1S/C62H114O14/c1-3-5-7-9-11-13-15-17-19-21-23-24-25-26-28-30-32-34-36-38-40-42-44-46-71-48-51(74-54(64)45-43-41-39-37-35-33-31-29-27-22-20-18-16-14-12-10-8-6-4-2)49-72-61-60(70)58(68)56(66)53(76-61)50-73-62-59(69)57(67)55(65)52(47-63)75-62/h12,14,18,20,27,29,51-53,55-63,65-70H,3-11,13,15-17,19,21-26,28,30-50H2,1-2H3/b14-12-,20-18-,29-27-. The SMILES string of the molecule is CCCCC/C=C\C/C=C\C/C=C\CCCCCCCCC(=O)OC(COCCCCCCCCCCCCCCCCCCCCCCCCC)COC1OC(COC2OC(CO)C(O)C(O)C2O)C(O)C(O)C1O. The number of hydrogen-bond donors (Lipinski definition) is 7. The zero-order valence-electron chi connectivity index (χ0n) is 48.0. The van der Waals surface area contributed by atoms with Gasteiger partial charge in [-0.05, 0) is 51.4 Å². The molecule has 0 amide bonds. The van der Waals surface area contributed by atoms with Crippen LogP contribution < -0.4 is 0 Å². The summed E-state index contributed by atoms with van der Waals surface area (Å²) in [5.41, 5.74) is 0. The summed E-state index contributed by atoms with van der Waals surface area (Å²) in [6.45, 7) is 3.69. The van der Waals surface area contributed by atoms with Crippen molar-refractivity contribution in [1.29, 1.82) is 0 Å². The van der Waals surface area contributed by atoms with Crippen LogP contribution in [0.3, 0.4) is 0 Å². The molecule has 0 aliphatic carbocycles. The van der Waals surface area contributed by atoms with E-state index >= 15 is 0 Å². The second-order valence-corrected chi connectivity index (χ2v) is 21.9. The molecule has 2 saturated heterocycles. The highest BCUT2D eigenvalue weighted by molar-refractivity contribution is 5.69. The molecule has 14 nitrogen and oxygen atoms in total. The number of aliphatic hydroxyl groups is 7. The molecule has 7 N–H and O–H groups in total. The van der Waals surface area contributed by atoms with Crippen LogP contribution in [0.1, 0.15) is 251 Å². The van der Waals surface area contributed by atoms with Gasteiger partial charge < -0.3 is 64.2 Å². The number of rotatable bonds is 51. The van der Waals surface area contributed by atoms with E-state index in [9.17, 15) is 40.5 Å². The van der Waals surface area contributed by atoms with E-state index in [4.69, 9.17) is 28.4 Å². The highest BCUT2D eigenvalue weighted by Gasteiger charge is 2.47. The number of allylic oxidation sites excluding steroid dienone is 6. The molecule has 0 aromatic rings. The number of esters is 1. The summed E-state index contributed by atoms with van der Waals surface area (Å²) in [6, 6.07) is 0. The van der Waals surface area contributed by atoms with Gasteiger partial charge in [0.1, 0.15) is 54.9 Å². The molecule has 0 bridgehead atoms. The smallest absolute Gasteiger partial charge is 0.306 e. The van der Waals surface area contributed by atoms with Crippen molar-refractivity contribution in [3.05, 3.63) is 36.5 Å². The fraction of sp³-hybridized carbons (Fsp3) is 0.887. The number of aliphatic hydroxyl groups excluding tert-OH is 7. The lowest BCUT2D eigenvalue weighted by Crippen LogP contribution is -2.61. The third-order valence-electron chi connectivity index (χ3n) is 14.9. The average Bonchev–Trinajstić information content (AvgIpc) is 3.42. The topological polar surface area (TPSA) is 214 Å². The second kappa shape index (κ2) is 49.1. The van der Waals surface area contributed by atoms with E-state index in [1.54, 1.807) is 0 Å². The monoisotopic (exact) mass is 1080 g/mol. The first-order valence-corrected chi connectivity index (χ1v) is 31.1.